The molecule has 0 aliphatic heterocycles. The molecule has 1 aromatic carbocycles. The summed E-state index contributed by atoms with van der Waals surface area (Å²) < 4.78 is 0.196. The number of ketones is 1. The molecule has 23 heavy (non-hydrogen) atoms. The van der Waals surface area contributed by atoms with Crippen LogP contribution in [0, 0.1) is 11.8 Å². The fraction of sp³-hybridized carbons (Fsp3) is 0.571. The van der Waals surface area contributed by atoms with Gasteiger partial charge in [0.2, 0.25) is 0 Å². The van der Waals surface area contributed by atoms with Gasteiger partial charge in [-0.2, -0.15) is 0 Å². The van der Waals surface area contributed by atoms with Crippen molar-refractivity contribution >= 4 is 17.5 Å². The van der Waals surface area contributed by atoms with Crippen molar-refractivity contribution in [2.75, 3.05) is 0 Å². The molecule has 124 valence electrons. The van der Waals surface area contributed by atoms with Gasteiger partial charge in [-0.3, -0.25) is 4.79 Å². The fourth-order valence-electron chi connectivity index (χ4n) is 4.33. The van der Waals surface area contributed by atoms with E-state index in [1.54, 1.807) is 0 Å². The second kappa shape index (κ2) is 7.25. The van der Waals surface area contributed by atoms with E-state index in [2.05, 4.69) is 50.3 Å². The Bertz CT molecular complexity index is 573. The Labute approximate surface area is 144 Å². The molecule has 0 heterocycles. The van der Waals surface area contributed by atoms with Crippen LogP contribution in [0.4, 0.5) is 0 Å². The Hall–Kier alpha value is -1.02. The Kier molecular flexibility index (Phi) is 5.31. The van der Waals surface area contributed by atoms with E-state index in [9.17, 15) is 4.79 Å². The normalized spacial score (nSPS) is 29.3. The van der Waals surface area contributed by atoms with Crippen LogP contribution < -0.4 is 0 Å². The number of rotatable bonds is 6. The number of thioether (sulfide) groups is 1. The van der Waals surface area contributed by atoms with E-state index in [-0.39, 0.29) is 10.7 Å². The summed E-state index contributed by atoms with van der Waals surface area (Å²) in [5, 5.41) is 0. The van der Waals surface area contributed by atoms with Crippen LogP contribution in [0.3, 0.4) is 0 Å². The molecule has 2 fully saturated rings. The first-order valence-electron chi connectivity index (χ1n) is 9.02. The molecule has 2 heteroatoms. The predicted octanol–water partition coefficient (Wildman–Crippen LogP) is 6.04. The molecule has 3 rings (SSSR count). The van der Waals surface area contributed by atoms with Crippen molar-refractivity contribution in [3.63, 3.8) is 0 Å². The molecule has 0 unspecified atom stereocenters. The van der Waals surface area contributed by atoms with E-state index in [1.165, 1.54) is 36.2 Å². The second-order valence-corrected chi connectivity index (χ2v) is 8.82. The van der Waals surface area contributed by atoms with Crippen LogP contribution >= 0.6 is 11.8 Å². The third-order valence-electron chi connectivity index (χ3n) is 5.55. The number of fused-ring (bicyclic) bond motifs is 1. The first-order chi connectivity index (χ1) is 11.1. The van der Waals surface area contributed by atoms with Gasteiger partial charge in [0.1, 0.15) is 5.78 Å². The minimum atomic E-state index is 0.196. The van der Waals surface area contributed by atoms with E-state index >= 15 is 0 Å². The van der Waals surface area contributed by atoms with E-state index in [4.69, 9.17) is 0 Å². The zero-order chi connectivity index (χ0) is 16.3. The minimum Gasteiger partial charge on any atom is -0.299 e. The summed E-state index contributed by atoms with van der Waals surface area (Å²) in [6.07, 6.45) is 10.1. The zero-order valence-electron chi connectivity index (χ0n) is 14.4. The molecule has 2 aliphatic carbocycles. The lowest BCUT2D eigenvalue weighted by Gasteiger charge is -2.57. The Morgan fingerprint density at radius 2 is 2.04 bits per heavy atom. The van der Waals surface area contributed by atoms with Crippen molar-refractivity contribution in [1.29, 1.82) is 0 Å². The van der Waals surface area contributed by atoms with Crippen molar-refractivity contribution in [3.8, 4) is 0 Å². The quantitative estimate of drug-likeness (QED) is 0.592. The van der Waals surface area contributed by atoms with Gasteiger partial charge in [0.25, 0.3) is 0 Å². The average molecular weight is 329 g/mol. The summed E-state index contributed by atoms with van der Waals surface area (Å²) >= 11 is 2.00. The second-order valence-electron chi connectivity index (χ2n) is 7.39. The van der Waals surface area contributed by atoms with Crippen molar-refractivity contribution in [2.45, 2.75) is 68.4 Å². The molecular weight excluding hydrogens is 300 g/mol. The highest BCUT2D eigenvalue weighted by molar-refractivity contribution is 8.00. The number of hydrogen-bond acceptors (Lipinski definition) is 2. The standard InChI is InChI=1S/C21H28OS/c1-16(2)9-8-13-20(22)19-15-17-10-6-7-14-21(17,19)23-18-11-4-3-5-12-18/h3-5,9,11-12,17,19H,6-8,10,13-15H2,1-2H3/t17-,19-,21+/m1/s1. The molecular formula is C21H28OS. The van der Waals surface area contributed by atoms with Crippen LogP contribution in [-0.4, -0.2) is 10.5 Å². The lowest BCUT2D eigenvalue weighted by molar-refractivity contribution is -0.130. The number of hydrogen-bond donors (Lipinski definition) is 0. The Morgan fingerprint density at radius 3 is 2.74 bits per heavy atom. The number of benzene rings is 1. The van der Waals surface area contributed by atoms with Crippen LogP contribution in [0.2, 0.25) is 0 Å². The first-order valence-corrected chi connectivity index (χ1v) is 9.83. The highest BCUT2D eigenvalue weighted by Crippen LogP contribution is 2.62. The maximum Gasteiger partial charge on any atom is 0.137 e. The van der Waals surface area contributed by atoms with Gasteiger partial charge in [0.15, 0.2) is 0 Å². The molecule has 1 aromatic rings. The molecule has 0 aromatic heterocycles. The van der Waals surface area contributed by atoms with Crippen molar-refractivity contribution in [1.82, 2.24) is 0 Å². The summed E-state index contributed by atoms with van der Waals surface area (Å²) in [6.45, 7) is 4.22. The van der Waals surface area contributed by atoms with Crippen LogP contribution in [-0.2, 0) is 4.79 Å². The molecule has 0 radical (unpaired) electrons. The summed E-state index contributed by atoms with van der Waals surface area (Å²) in [7, 11) is 0. The molecule has 0 bridgehead atoms. The maximum absolute atomic E-state index is 12.8. The van der Waals surface area contributed by atoms with E-state index < -0.39 is 0 Å². The van der Waals surface area contributed by atoms with Gasteiger partial charge in [0.05, 0.1) is 0 Å². The van der Waals surface area contributed by atoms with Crippen molar-refractivity contribution in [2.24, 2.45) is 11.8 Å². The van der Waals surface area contributed by atoms with Gasteiger partial charge in [-0.1, -0.05) is 42.7 Å². The largest absolute Gasteiger partial charge is 0.299 e. The highest BCUT2D eigenvalue weighted by Gasteiger charge is 2.58. The zero-order valence-corrected chi connectivity index (χ0v) is 15.2. The van der Waals surface area contributed by atoms with Crippen LogP contribution in [0.15, 0.2) is 46.9 Å². The topological polar surface area (TPSA) is 17.1 Å². The smallest absolute Gasteiger partial charge is 0.137 e. The molecule has 0 N–H and O–H groups in total. The number of Topliss-reactive ketones (excluding diaryl/α,β-unsaturated/α-hetero) is 1. The molecule has 1 nitrogen and oxygen atoms in total. The number of carbonyl (C=O) groups is 1. The molecule has 2 saturated carbocycles. The summed E-state index contributed by atoms with van der Waals surface area (Å²) in [4.78, 5) is 14.1. The molecule has 2 aliphatic rings. The summed E-state index contributed by atoms with van der Waals surface area (Å²) in [5.41, 5.74) is 1.32. The lowest BCUT2D eigenvalue weighted by Crippen LogP contribution is -2.57. The third kappa shape index (κ3) is 3.57. The molecule has 0 spiro atoms. The minimum absolute atomic E-state index is 0.196. The predicted molar refractivity (Wildman–Crippen MR) is 98.8 cm³/mol. The van der Waals surface area contributed by atoms with Gasteiger partial charge in [-0.25, -0.2) is 0 Å². The molecule has 0 saturated heterocycles. The van der Waals surface area contributed by atoms with Gasteiger partial charge in [-0.05, 0) is 57.6 Å². The van der Waals surface area contributed by atoms with E-state index in [0.29, 0.717) is 5.78 Å². The lowest BCUT2D eigenvalue weighted by atomic mass is 9.56. The molecule has 0 amide bonds. The maximum atomic E-state index is 12.8. The van der Waals surface area contributed by atoms with Gasteiger partial charge in [0, 0.05) is 22.0 Å². The van der Waals surface area contributed by atoms with Crippen molar-refractivity contribution < 1.29 is 4.79 Å². The van der Waals surface area contributed by atoms with Gasteiger partial charge in [-0.15, -0.1) is 11.8 Å². The summed E-state index contributed by atoms with van der Waals surface area (Å²) in [5.74, 6) is 1.53. The fourth-order valence-corrected chi connectivity index (χ4v) is 6.06. The monoisotopic (exact) mass is 328 g/mol. The van der Waals surface area contributed by atoms with Crippen LogP contribution in [0.25, 0.3) is 0 Å². The number of carbonyl (C=O) groups excluding carboxylic acids is 1. The van der Waals surface area contributed by atoms with Crippen molar-refractivity contribution in [3.05, 3.63) is 42.0 Å². The number of allylic oxidation sites excluding steroid dienone is 2. The Morgan fingerprint density at radius 1 is 1.26 bits per heavy atom. The SMILES string of the molecule is CC(C)=CCCC(=O)[C@H]1C[C@H]2CCCC[C@]21Sc1ccccc1. The van der Waals surface area contributed by atoms with Gasteiger partial charge < -0.3 is 0 Å². The average Bonchev–Trinajstić information content (AvgIpc) is 2.51. The first kappa shape index (κ1) is 16.8. The highest BCUT2D eigenvalue weighted by atomic mass is 32.2. The molecule has 3 atom stereocenters. The Balaban J connectivity index is 1.72. The van der Waals surface area contributed by atoms with E-state index in [1.807, 2.05) is 11.8 Å². The summed E-state index contributed by atoms with van der Waals surface area (Å²) in [6, 6.07) is 10.7. The third-order valence-corrected chi connectivity index (χ3v) is 7.26. The van der Waals surface area contributed by atoms with Gasteiger partial charge >= 0.3 is 0 Å². The van der Waals surface area contributed by atoms with Crippen LogP contribution in [0.5, 0.6) is 0 Å². The van der Waals surface area contributed by atoms with E-state index in [0.717, 1.165) is 25.2 Å². The van der Waals surface area contributed by atoms with Crippen LogP contribution in [0.1, 0.15) is 58.8 Å².